The highest BCUT2D eigenvalue weighted by Gasteiger charge is 2.24. The Morgan fingerprint density at radius 1 is 0.844 bits per heavy atom. The van der Waals surface area contributed by atoms with Crippen LogP contribution in [-0.2, 0) is 19.6 Å². The number of carbonyl (C=O) groups excluding carboxylic acids is 2. The highest BCUT2D eigenvalue weighted by atomic mass is 32.2. The predicted octanol–water partition coefficient (Wildman–Crippen LogP) is 2.43. The number of rotatable bonds is 9. The lowest BCUT2D eigenvalue weighted by atomic mass is 10.1. The van der Waals surface area contributed by atoms with Crippen molar-refractivity contribution in [3.8, 4) is 5.75 Å². The second-order valence-electron chi connectivity index (χ2n) is 6.72. The fourth-order valence-corrected chi connectivity index (χ4v) is 3.35. The molecular weight excluding hydrogens is 432 g/mol. The monoisotopic (exact) mass is 454 g/mol. The largest absolute Gasteiger partial charge is 0.490 e. The normalized spacial score (nSPS) is 11.9. The quantitative estimate of drug-likeness (QED) is 0.378. The summed E-state index contributed by atoms with van der Waals surface area (Å²) < 4.78 is 33.3. The van der Waals surface area contributed by atoms with Crippen molar-refractivity contribution in [2.45, 2.75) is 10.9 Å². The van der Waals surface area contributed by atoms with Gasteiger partial charge >= 0.3 is 5.97 Å². The number of nitrogens with one attached hydrogen (secondary N) is 1. The number of hydrogen-bond acceptors (Lipinski definition) is 6. The van der Waals surface area contributed by atoms with E-state index in [0.717, 1.165) is 0 Å². The Hall–Kier alpha value is -3.69. The van der Waals surface area contributed by atoms with Crippen LogP contribution in [0.4, 0.5) is 0 Å². The van der Waals surface area contributed by atoms with E-state index in [1.54, 1.807) is 60.7 Å². The first-order valence-electron chi connectivity index (χ1n) is 9.68. The number of hydrogen-bond donors (Lipinski definition) is 2. The third-order valence-corrected chi connectivity index (χ3v) is 5.36. The van der Waals surface area contributed by atoms with E-state index in [2.05, 4.69) is 5.32 Å². The molecular formula is C23H22N2O6S. The summed E-state index contributed by atoms with van der Waals surface area (Å²) in [6, 6.07) is 21.9. The zero-order valence-electron chi connectivity index (χ0n) is 17.0. The van der Waals surface area contributed by atoms with Crippen LogP contribution >= 0.6 is 0 Å². The van der Waals surface area contributed by atoms with Gasteiger partial charge in [-0.1, -0.05) is 48.5 Å². The number of esters is 1. The lowest BCUT2D eigenvalue weighted by Gasteiger charge is -2.18. The Balaban J connectivity index is 1.58. The van der Waals surface area contributed by atoms with Crippen LogP contribution in [0.25, 0.3) is 0 Å². The predicted molar refractivity (Wildman–Crippen MR) is 117 cm³/mol. The number of sulfonamides is 1. The highest BCUT2D eigenvalue weighted by molar-refractivity contribution is 7.89. The minimum absolute atomic E-state index is 0.0314. The SMILES string of the molecule is NS(=O)(=O)c1ccc(OCCOC(=O)C(NC(=O)c2ccccc2)c2ccccc2)cc1. The average molecular weight is 455 g/mol. The zero-order valence-corrected chi connectivity index (χ0v) is 17.8. The molecule has 0 saturated carbocycles. The maximum Gasteiger partial charge on any atom is 0.333 e. The van der Waals surface area contributed by atoms with E-state index in [1.807, 2.05) is 0 Å². The van der Waals surface area contributed by atoms with Gasteiger partial charge in [-0.05, 0) is 42.0 Å². The minimum Gasteiger partial charge on any atom is -0.490 e. The van der Waals surface area contributed by atoms with Gasteiger partial charge in [0, 0.05) is 5.56 Å². The maximum atomic E-state index is 12.7. The molecule has 8 nitrogen and oxygen atoms in total. The van der Waals surface area contributed by atoms with Gasteiger partial charge in [-0.15, -0.1) is 0 Å². The summed E-state index contributed by atoms with van der Waals surface area (Å²) in [4.78, 5) is 25.2. The third-order valence-electron chi connectivity index (χ3n) is 4.43. The van der Waals surface area contributed by atoms with E-state index >= 15 is 0 Å². The van der Waals surface area contributed by atoms with E-state index < -0.39 is 27.9 Å². The number of nitrogens with two attached hydrogens (primary N) is 1. The van der Waals surface area contributed by atoms with E-state index in [-0.39, 0.29) is 18.1 Å². The van der Waals surface area contributed by atoms with E-state index in [9.17, 15) is 18.0 Å². The molecule has 3 aromatic carbocycles. The Labute approximate surface area is 186 Å². The molecule has 0 bridgehead atoms. The van der Waals surface area contributed by atoms with E-state index in [1.165, 1.54) is 24.3 Å². The highest BCUT2D eigenvalue weighted by Crippen LogP contribution is 2.17. The molecule has 0 radical (unpaired) electrons. The fourth-order valence-electron chi connectivity index (χ4n) is 2.84. The van der Waals surface area contributed by atoms with Gasteiger partial charge in [0.25, 0.3) is 5.91 Å². The van der Waals surface area contributed by atoms with Crippen molar-refractivity contribution in [3.63, 3.8) is 0 Å². The van der Waals surface area contributed by atoms with Crippen molar-refractivity contribution in [3.05, 3.63) is 96.1 Å². The first-order chi connectivity index (χ1) is 15.3. The molecule has 0 aliphatic heterocycles. The molecule has 3 N–H and O–H groups in total. The molecule has 3 aromatic rings. The van der Waals surface area contributed by atoms with Crippen molar-refractivity contribution < 1.29 is 27.5 Å². The zero-order chi connectivity index (χ0) is 23.0. The fraction of sp³-hybridized carbons (Fsp3) is 0.130. The molecule has 166 valence electrons. The molecule has 9 heteroatoms. The van der Waals surface area contributed by atoms with Crippen LogP contribution in [0.1, 0.15) is 22.0 Å². The second kappa shape index (κ2) is 10.6. The second-order valence-corrected chi connectivity index (χ2v) is 8.28. The molecule has 0 aliphatic rings. The van der Waals surface area contributed by atoms with Gasteiger partial charge in [-0.3, -0.25) is 4.79 Å². The van der Waals surface area contributed by atoms with Crippen LogP contribution in [0.3, 0.4) is 0 Å². The summed E-state index contributed by atoms with van der Waals surface area (Å²) in [6.07, 6.45) is 0. The molecule has 0 aromatic heterocycles. The Bertz CT molecular complexity index is 1150. The van der Waals surface area contributed by atoms with Gasteiger partial charge in [-0.2, -0.15) is 0 Å². The standard InChI is InChI=1S/C23H22N2O6S/c24-32(28,29)20-13-11-19(12-14-20)30-15-16-31-23(27)21(17-7-3-1-4-8-17)25-22(26)18-9-5-2-6-10-18/h1-14,21H,15-16H2,(H,25,26)(H2,24,28,29). The summed E-state index contributed by atoms with van der Waals surface area (Å²) in [6.45, 7) is -0.0328. The summed E-state index contributed by atoms with van der Waals surface area (Å²) >= 11 is 0. The molecule has 0 aliphatic carbocycles. The average Bonchev–Trinajstić information content (AvgIpc) is 2.81. The molecule has 0 heterocycles. The first-order valence-corrected chi connectivity index (χ1v) is 11.2. The maximum absolute atomic E-state index is 12.7. The van der Waals surface area contributed by atoms with Crippen LogP contribution in [0, 0.1) is 0 Å². The van der Waals surface area contributed by atoms with Crippen molar-refractivity contribution >= 4 is 21.9 Å². The van der Waals surface area contributed by atoms with Crippen molar-refractivity contribution in [2.75, 3.05) is 13.2 Å². The molecule has 0 spiro atoms. The summed E-state index contributed by atoms with van der Waals surface area (Å²) in [7, 11) is -3.78. The van der Waals surface area contributed by atoms with Gasteiger partial charge in [0.1, 0.15) is 19.0 Å². The van der Waals surface area contributed by atoms with Gasteiger partial charge < -0.3 is 14.8 Å². The first kappa shape index (κ1) is 23.0. The van der Waals surface area contributed by atoms with Gasteiger partial charge in [0.05, 0.1) is 4.90 Å². The van der Waals surface area contributed by atoms with Crippen LogP contribution < -0.4 is 15.2 Å². The van der Waals surface area contributed by atoms with Crippen molar-refractivity contribution in [1.29, 1.82) is 0 Å². The Kier molecular flexibility index (Phi) is 7.58. The molecule has 0 fully saturated rings. The lowest BCUT2D eigenvalue weighted by Crippen LogP contribution is -2.35. The molecule has 0 saturated heterocycles. The number of primary sulfonamides is 1. The van der Waals surface area contributed by atoms with Gasteiger partial charge in [0.15, 0.2) is 6.04 Å². The summed E-state index contributed by atoms with van der Waals surface area (Å²) in [5.74, 6) is -0.637. The van der Waals surface area contributed by atoms with Crippen LogP contribution in [-0.4, -0.2) is 33.5 Å². The molecule has 1 amide bonds. The molecule has 32 heavy (non-hydrogen) atoms. The summed E-state index contributed by atoms with van der Waals surface area (Å²) in [5, 5.41) is 7.76. The topological polar surface area (TPSA) is 125 Å². The summed E-state index contributed by atoms with van der Waals surface area (Å²) in [5.41, 5.74) is 1.01. The van der Waals surface area contributed by atoms with E-state index in [0.29, 0.717) is 16.9 Å². The van der Waals surface area contributed by atoms with Crippen LogP contribution in [0.15, 0.2) is 89.8 Å². The van der Waals surface area contributed by atoms with Gasteiger partial charge in [0.2, 0.25) is 10.0 Å². The van der Waals surface area contributed by atoms with E-state index in [4.69, 9.17) is 14.6 Å². The van der Waals surface area contributed by atoms with Crippen molar-refractivity contribution in [1.82, 2.24) is 5.32 Å². The minimum atomic E-state index is -3.78. The number of amides is 1. The number of carbonyl (C=O) groups is 2. The Morgan fingerprint density at radius 2 is 1.44 bits per heavy atom. The smallest absolute Gasteiger partial charge is 0.333 e. The van der Waals surface area contributed by atoms with Crippen molar-refractivity contribution in [2.24, 2.45) is 5.14 Å². The number of ether oxygens (including phenoxy) is 2. The van der Waals surface area contributed by atoms with Gasteiger partial charge in [-0.25, -0.2) is 18.4 Å². The van der Waals surface area contributed by atoms with Crippen LogP contribution in [0.2, 0.25) is 0 Å². The molecule has 1 atom stereocenters. The lowest BCUT2D eigenvalue weighted by molar-refractivity contribution is -0.146. The molecule has 3 rings (SSSR count). The molecule has 1 unspecified atom stereocenters. The van der Waals surface area contributed by atoms with Crippen LogP contribution in [0.5, 0.6) is 5.75 Å². The Morgan fingerprint density at radius 3 is 2.03 bits per heavy atom. The third kappa shape index (κ3) is 6.40. The number of benzene rings is 3.